The van der Waals surface area contributed by atoms with Crippen molar-refractivity contribution in [1.82, 2.24) is 15.4 Å². The zero-order chi connectivity index (χ0) is 5.82. The highest BCUT2D eigenvalue weighted by molar-refractivity contribution is 5.68. The molecule has 8 heavy (non-hydrogen) atoms. The second kappa shape index (κ2) is 2.06. The van der Waals surface area contributed by atoms with E-state index in [0.717, 1.165) is 0 Å². The van der Waals surface area contributed by atoms with Crippen molar-refractivity contribution in [3.63, 3.8) is 0 Å². The molecule has 1 heterocycles. The fraction of sp³-hybridized carbons (Fsp3) is 0. The first-order valence-corrected chi connectivity index (χ1v) is 1.93. The van der Waals surface area contributed by atoms with E-state index < -0.39 is 0 Å². The Morgan fingerprint density at radius 2 is 2.75 bits per heavy atom. The molecule has 0 unspecified atom stereocenters. The second-order valence-corrected chi connectivity index (χ2v) is 1.09. The van der Waals surface area contributed by atoms with Gasteiger partial charge in [0, 0.05) is 0 Å². The average Bonchev–Trinajstić information content (AvgIpc) is 2.19. The number of rotatable bonds is 2. The zero-order valence-corrected chi connectivity index (χ0v) is 3.88. The topological polar surface area (TPSA) is 70.7 Å². The number of amides is 1. The Morgan fingerprint density at radius 3 is 3.25 bits per heavy atom. The summed E-state index contributed by atoms with van der Waals surface area (Å²) in [5.74, 6) is 0.375. The Kier molecular flexibility index (Phi) is 1.23. The normalized spacial score (nSPS) is 8.50. The van der Waals surface area contributed by atoms with Crippen molar-refractivity contribution in [2.45, 2.75) is 0 Å². The van der Waals surface area contributed by atoms with E-state index in [0.29, 0.717) is 5.82 Å². The van der Waals surface area contributed by atoms with Gasteiger partial charge >= 0.3 is 6.41 Å². The summed E-state index contributed by atoms with van der Waals surface area (Å²) >= 11 is 0. The van der Waals surface area contributed by atoms with E-state index in [4.69, 9.17) is 0 Å². The van der Waals surface area contributed by atoms with Gasteiger partial charge in [-0.15, -0.1) is 5.10 Å². The fourth-order valence-corrected chi connectivity index (χ4v) is 0.315. The van der Waals surface area contributed by atoms with Crippen LogP contribution in [0, 0.1) is 0 Å². The summed E-state index contributed by atoms with van der Waals surface area (Å²) in [6.45, 7) is 0. The number of nitrogens with one attached hydrogen (secondary N) is 2. The number of aromatic amines is 1. The van der Waals surface area contributed by atoms with Crippen molar-refractivity contribution >= 4 is 12.2 Å². The van der Waals surface area contributed by atoms with Crippen LogP contribution in [0.1, 0.15) is 0 Å². The lowest BCUT2D eigenvalue weighted by molar-refractivity contribution is 0.561. The predicted octanol–water partition coefficient (Wildman–Crippen LogP) is -0.716. The lowest BCUT2D eigenvalue weighted by Gasteiger charge is -1.79. The Balaban J connectivity index is 2.62. The van der Waals surface area contributed by atoms with Gasteiger partial charge in [0.25, 0.3) is 0 Å². The van der Waals surface area contributed by atoms with Gasteiger partial charge in [0.2, 0.25) is 0 Å². The molecule has 2 N–H and O–H groups in total. The van der Waals surface area contributed by atoms with Gasteiger partial charge in [0.05, 0.1) is 6.20 Å². The van der Waals surface area contributed by atoms with Crippen LogP contribution in [0.15, 0.2) is 6.20 Å². The number of carbonyl (C=O) groups excluding carboxylic acids is 1. The summed E-state index contributed by atoms with van der Waals surface area (Å²) in [5, 5.41) is 11.3. The number of hydrogen-bond donors (Lipinski definition) is 2. The molecule has 0 aliphatic heterocycles. The SMILES string of the molecule is O=[C]Nc1c[nH]nn1. The maximum absolute atomic E-state index is 9.55. The average molecular weight is 111 g/mol. The first-order chi connectivity index (χ1) is 3.93. The minimum absolute atomic E-state index is 0.375. The van der Waals surface area contributed by atoms with Gasteiger partial charge in [-0.25, -0.2) is 0 Å². The molecule has 1 rings (SSSR count). The summed E-state index contributed by atoms with van der Waals surface area (Å²) in [4.78, 5) is 9.55. The van der Waals surface area contributed by atoms with Crippen molar-refractivity contribution in [2.24, 2.45) is 0 Å². The minimum Gasteiger partial charge on any atom is -0.299 e. The Labute approximate surface area is 45.1 Å². The summed E-state index contributed by atoms with van der Waals surface area (Å²) in [5.41, 5.74) is 0. The molecule has 1 radical (unpaired) electrons. The maximum atomic E-state index is 9.55. The van der Waals surface area contributed by atoms with E-state index in [1.165, 1.54) is 12.6 Å². The van der Waals surface area contributed by atoms with Gasteiger partial charge < -0.3 is 0 Å². The Bertz CT molecular complexity index is 158. The second-order valence-electron chi connectivity index (χ2n) is 1.09. The van der Waals surface area contributed by atoms with E-state index in [9.17, 15) is 4.79 Å². The monoisotopic (exact) mass is 111 g/mol. The van der Waals surface area contributed by atoms with Gasteiger partial charge in [-0.1, -0.05) is 5.21 Å². The van der Waals surface area contributed by atoms with E-state index in [-0.39, 0.29) is 0 Å². The first-order valence-electron chi connectivity index (χ1n) is 1.93. The van der Waals surface area contributed by atoms with Crippen LogP contribution in [-0.4, -0.2) is 21.8 Å². The van der Waals surface area contributed by atoms with Crippen LogP contribution in [0.4, 0.5) is 5.82 Å². The molecule has 0 aromatic carbocycles. The molecule has 0 aliphatic carbocycles. The van der Waals surface area contributed by atoms with Gasteiger partial charge in [-0.05, 0) is 0 Å². The molecular formula is C3H3N4O. The molecule has 5 nitrogen and oxygen atoms in total. The summed E-state index contributed by atoms with van der Waals surface area (Å²) < 4.78 is 0. The molecular weight excluding hydrogens is 108 g/mol. The van der Waals surface area contributed by atoms with E-state index in [1.807, 2.05) is 0 Å². The van der Waals surface area contributed by atoms with Crippen LogP contribution in [-0.2, 0) is 4.79 Å². The van der Waals surface area contributed by atoms with Crippen molar-refractivity contribution < 1.29 is 4.79 Å². The number of H-pyrrole nitrogens is 1. The van der Waals surface area contributed by atoms with Gasteiger partial charge in [-0.3, -0.25) is 15.2 Å². The smallest absolute Gasteiger partial charge is 0.299 e. The van der Waals surface area contributed by atoms with Crippen LogP contribution >= 0.6 is 0 Å². The third-order valence-corrected chi connectivity index (χ3v) is 0.596. The van der Waals surface area contributed by atoms with Crippen LogP contribution < -0.4 is 5.32 Å². The molecule has 0 atom stereocenters. The number of aromatic nitrogens is 3. The largest absolute Gasteiger partial charge is 0.315 e. The molecule has 1 amide bonds. The van der Waals surface area contributed by atoms with Gasteiger partial charge in [0.1, 0.15) is 0 Å². The summed E-state index contributed by atoms with van der Waals surface area (Å²) in [7, 11) is 0. The molecule has 0 spiro atoms. The quantitative estimate of drug-likeness (QED) is 0.495. The van der Waals surface area contributed by atoms with Crippen LogP contribution in [0.2, 0.25) is 0 Å². The third kappa shape index (κ3) is 0.810. The van der Waals surface area contributed by atoms with Crippen molar-refractivity contribution in [3.8, 4) is 0 Å². The summed E-state index contributed by atoms with van der Waals surface area (Å²) in [6, 6.07) is 0. The molecule has 41 valence electrons. The third-order valence-electron chi connectivity index (χ3n) is 0.596. The molecule has 0 saturated heterocycles. The lowest BCUT2D eigenvalue weighted by Crippen LogP contribution is -1.92. The van der Waals surface area contributed by atoms with E-state index >= 15 is 0 Å². The number of hydrogen-bond acceptors (Lipinski definition) is 3. The highest BCUT2D eigenvalue weighted by atomic mass is 16.1. The van der Waals surface area contributed by atoms with Crippen molar-refractivity contribution in [1.29, 1.82) is 0 Å². The molecule has 5 heteroatoms. The molecule has 0 fully saturated rings. The van der Waals surface area contributed by atoms with E-state index in [1.54, 1.807) is 0 Å². The van der Waals surface area contributed by atoms with E-state index in [2.05, 4.69) is 20.7 Å². The Hall–Kier alpha value is -1.39. The minimum atomic E-state index is 0.375. The predicted molar refractivity (Wildman–Crippen MR) is 25.7 cm³/mol. The molecule has 0 bridgehead atoms. The first kappa shape index (κ1) is 4.76. The molecule has 1 aromatic rings. The molecule has 0 aliphatic rings. The Morgan fingerprint density at radius 1 is 1.88 bits per heavy atom. The highest BCUT2D eigenvalue weighted by Crippen LogP contribution is 1.90. The number of anilines is 1. The standard InChI is InChI=1S/C3H3N4O/c8-2-4-3-1-5-7-6-3/h1H,(H2,4,5,6,7,8). The van der Waals surface area contributed by atoms with Crippen molar-refractivity contribution in [2.75, 3.05) is 5.32 Å². The van der Waals surface area contributed by atoms with Crippen LogP contribution in [0.25, 0.3) is 0 Å². The molecule has 1 aromatic heterocycles. The van der Waals surface area contributed by atoms with Crippen LogP contribution in [0.3, 0.4) is 0 Å². The highest BCUT2D eigenvalue weighted by Gasteiger charge is 1.88. The van der Waals surface area contributed by atoms with Gasteiger partial charge in [-0.2, -0.15) is 0 Å². The zero-order valence-electron chi connectivity index (χ0n) is 3.88. The fourth-order valence-electron chi connectivity index (χ4n) is 0.315. The van der Waals surface area contributed by atoms with Crippen molar-refractivity contribution in [3.05, 3.63) is 6.20 Å². The lowest BCUT2D eigenvalue weighted by atomic mass is 10.8. The summed E-state index contributed by atoms with van der Waals surface area (Å²) in [6.07, 6.45) is 2.90. The van der Waals surface area contributed by atoms with Gasteiger partial charge in [0.15, 0.2) is 5.82 Å². The maximum Gasteiger partial charge on any atom is 0.315 e. The molecule has 0 saturated carbocycles. The number of nitrogens with zero attached hydrogens (tertiary/aromatic N) is 2. The van der Waals surface area contributed by atoms with Crippen LogP contribution in [0.5, 0.6) is 0 Å².